The van der Waals surface area contributed by atoms with Gasteiger partial charge in [-0.1, -0.05) is 6.58 Å². The van der Waals surface area contributed by atoms with Crippen molar-refractivity contribution in [2.24, 2.45) is 0 Å². The number of hydrogen-bond acceptors (Lipinski definition) is 5. The zero-order valence-electron chi connectivity index (χ0n) is 10.3. The Morgan fingerprint density at radius 2 is 1.72 bits per heavy atom. The van der Waals surface area contributed by atoms with Crippen LogP contribution in [0.2, 0.25) is 0 Å². The summed E-state index contributed by atoms with van der Waals surface area (Å²) < 4.78 is 4.81. The normalized spacial score (nSPS) is 9.44. The van der Waals surface area contributed by atoms with Gasteiger partial charge in [-0.25, -0.2) is 4.79 Å². The number of hydrogen-bond donors (Lipinski definition) is 3. The summed E-state index contributed by atoms with van der Waals surface area (Å²) in [5.74, 6) is -1.39. The fourth-order valence-corrected chi connectivity index (χ4v) is 1.00. The Balaban J connectivity index is 3.60. The van der Waals surface area contributed by atoms with Gasteiger partial charge >= 0.3 is 17.8 Å². The van der Waals surface area contributed by atoms with Gasteiger partial charge in [0.15, 0.2) is 0 Å². The van der Waals surface area contributed by atoms with E-state index in [1.807, 2.05) is 0 Å². The summed E-state index contributed by atoms with van der Waals surface area (Å²) in [5.41, 5.74) is 0.324. The van der Waals surface area contributed by atoms with Crippen molar-refractivity contribution < 1.29 is 19.1 Å². The summed E-state index contributed by atoms with van der Waals surface area (Å²) in [5, 5.41) is 4.79. The van der Waals surface area contributed by atoms with E-state index in [-0.39, 0.29) is 13.2 Å². The third-order valence-electron chi connectivity index (χ3n) is 1.79. The van der Waals surface area contributed by atoms with Gasteiger partial charge in [-0.15, -0.1) is 0 Å². The smallest absolute Gasteiger partial charge is 0.333 e. The third kappa shape index (κ3) is 7.72. The molecule has 0 saturated heterocycles. The first-order chi connectivity index (χ1) is 8.49. The summed E-state index contributed by atoms with van der Waals surface area (Å²) in [6, 6.07) is 0. The van der Waals surface area contributed by atoms with Crippen LogP contribution in [0.15, 0.2) is 12.2 Å². The fourth-order valence-electron chi connectivity index (χ4n) is 0.892. The first-order valence-corrected chi connectivity index (χ1v) is 6.11. The minimum absolute atomic E-state index is 0.171. The average Bonchev–Trinajstić information content (AvgIpc) is 2.34. The molecule has 0 unspecified atom stereocenters. The topological polar surface area (TPSA) is 84.5 Å². The lowest BCUT2D eigenvalue weighted by Gasteiger charge is -2.06. The van der Waals surface area contributed by atoms with E-state index in [1.54, 1.807) is 6.92 Å². The fraction of sp³-hybridized carbons (Fsp3) is 0.545. The van der Waals surface area contributed by atoms with E-state index in [2.05, 4.69) is 29.8 Å². The lowest BCUT2D eigenvalue weighted by atomic mass is 10.3. The quantitative estimate of drug-likeness (QED) is 0.195. The molecule has 0 bridgehead atoms. The maximum atomic E-state index is 11.2. The van der Waals surface area contributed by atoms with Gasteiger partial charge in [0.25, 0.3) is 0 Å². The highest BCUT2D eigenvalue weighted by atomic mass is 32.1. The second-order valence-electron chi connectivity index (χ2n) is 3.51. The Morgan fingerprint density at radius 1 is 1.17 bits per heavy atom. The van der Waals surface area contributed by atoms with Crippen molar-refractivity contribution in [3.63, 3.8) is 0 Å². The summed E-state index contributed by atoms with van der Waals surface area (Å²) >= 11 is 3.90. The Kier molecular flexibility index (Phi) is 8.73. The zero-order chi connectivity index (χ0) is 14.0. The largest absolute Gasteiger partial charge is 0.462 e. The molecule has 0 saturated carbocycles. The number of carbonyl (C=O) groups is 3. The van der Waals surface area contributed by atoms with Gasteiger partial charge < -0.3 is 15.4 Å². The van der Waals surface area contributed by atoms with Gasteiger partial charge in [0, 0.05) is 24.4 Å². The number of nitrogens with one attached hydrogen (secondary N) is 2. The molecule has 0 aromatic carbocycles. The van der Waals surface area contributed by atoms with Crippen LogP contribution in [0.25, 0.3) is 0 Å². The number of rotatable bonds is 7. The molecule has 0 aliphatic rings. The summed E-state index contributed by atoms with van der Waals surface area (Å²) in [6.45, 7) is 5.75. The maximum absolute atomic E-state index is 11.2. The highest BCUT2D eigenvalue weighted by Gasteiger charge is 2.11. The predicted molar refractivity (Wildman–Crippen MR) is 70.3 cm³/mol. The van der Waals surface area contributed by atoms with Crippen LogP contribution in [-0.4, -0.2) is 43.2 Å². The van der Waals surface area contributed by atoms with Crippen LogP contribution in [-0.2, 0) is 19.1 Å². The second kappa shape index (κ2) is 9.52. The summed E-state index contributed by atoms with van der Waals surface area (Å²) in [4.78, 5) is 33.3. The van der Waals surface area contributed by atoms with Gasteiger partial charge in [0.05, 0.1) is 6.61 Å². The molecule has 0 radical (unpaired) electrons. The molecule has 0 heterocycles. The van der Waals surface area contributed by atoms with Crippen LogP contribution in [0.1, 0.15) is 13.3 Å². The van der Waals surface area contributed by atoms with Gasteiger partial charge in [-0.3, -0.25) is 9.59 Å². The van der Waals surface area contributed by atoms with E-state index in [0.29, 0.717) is 24.3 Å². The van der Waals surface area contributed by atoms with Crippen LogP contribution in [0, 0.1) is 0 Å². The molecule has 2 amide bonds. The summed E-state index contributed by atoms with van der Waals surface area (Å²) in [6.07, 6.45) is 0.435. The molecular formula is C11H18N2O4S. The van der Waals surface area contributed by atoms with Crippen molar-refractivity contribution in [3.05, 3.63) is 12.2 Å². The number of thiol groups is 1. The molecule has 2 N–H and O–H groups in total. The van der Waals surface area contributed by atoms with Gasteiger partial charge in [0.1, 0.15) is 0 Å². The van der Waals surface area contributed by atoms with E-state index >= 15 is 0 Å². The third-order valence-corrected chi connectivity index (χ3v) is 2.02. The monoisotopic (exact) mass is 274 g/mol. The first kappa shape index (κ1) is 16.5. The molecule has 0 aliphatic heterocycles. The molecule has 7 heteroatoms. The lowest BCUT2D eigenvalue weighted by Crippen LogP contribution is -2.41. The molecule has 0 atom stereocenters. The van der Waals surface area contributed by atoms with Crippen molar-refractivity contribution in [2.75, 3.05) is 25.4 Å². The van der Waals surface area contributed by atoms with E-state index < -0.39 is 17.8 Å². The first-order valence-electron chi connectivity index (χ1n) is 5.48. The minimum Gasteiger partial charge on any atom is -0.462 e. The summed E-state index contributed by atoms with van der Waals surface area (Å²) in [7, 11) is 0. The second-order valence-corrected chi connectivity index (χ2v) is 3.95. The zero-order valence-corrected chi connectivity index (χ0v) is 11.2. The Labute approximate surface area is 112 Å². The molecule has 6 nitrogen and oxygen atoms in total. The SMILES string of the molecule is C=C(C)C(=O)OCCCNC(=O)C(=O)NCCS. The molecule has 102 valence electrons. The highest BCUT2D eigenvalue weighted by molar-refractivity contribution is 7.80. The lowest BCUT2D eigenvalue weighted by molar-refractivity contribution is -0.140. The Morgan fingerprint density at radius 3 is 2.22 bits per heavy atom. The highest BCUT2D eigenvalue weighted by Crippen LogP contribution is 1.92. The van der Waals surface area contributed by atoms with Gasteiger partial charge in [-0.2, -0.15) is 12.6 Å². The van der Waals surface area contributed by atoms with Crippen molar-refractivity contribution >= 4 is 30.4 Å². The number of esters is 1. The molecule has 0 aliphatic carbocycles. The van der Waals surface area contributed by atoms with Gasteiger partial charge in [0.2, 0.25) is 0 Å². The van der Waals surface area contributed by atoms with Crippen molar-refractivity contribution in [1.82, 2.24) is 10.6 Å². The minimum atomic E-state index is -0.706. The predicted octanol–water partition coefficient (Wildman–Crippen LogP) is -0.342. The van der Waals surface area contributed by atoms with Crippen molar-refractivity contribution in [1.29, 1.82) is 0 Å². The van der Waals surface area contributed by atoms with Crippen molar-refractivity contribution in [2.45, 2.75) is 13.3 Å². The van der Waals surface area contributed by atoms with E-state index in [9.17, 15) is 14.4 Å². The van der Waals surface area contributed by atoms with Crippen LogP contribution >= 0.6 is 12.6 Å². The Bertz CT molecular complexity index is 331. The van der Waals surface area contributed by atoms with Crippen LogP contribution < -0.4 is 10.6 Å². The molecule has 0 aromatic heterocycles. The molecule has 0 fully saturated rings. The molecule has 0 spiro atoms. The van der Waals surface area contributed by atoms with E-state index in [1.165, 1.54) is 0 Å². The average molecular weight is 274 g/mol. The van der Waals surface area contributed by atoms with Gasteiger partial charge in [-0.05, 0) is 13.3 Å². The number of amides is 2. The molecule has 0 aromatic rings. The molecular weight excluding hydrogens is 256 g/mol. The maximum Gasteiger partial charge on any atom is 0.333 e. The van der Waals surface area contributed by atoms with Crippen LogP contribution in [0.4, 0.5) is 0 Å². The van der Waals surface area contributed by atoms with E-state index in [4.69, 9.17) is 4.74 Å². The standard InChI is InChI=1S/C11H18N2O4S/c1-8(2)11(16)17-6-3-4-12-9(14)10(15)13-5-7-18/h18H,1,3-7H2,2H3,(H,12,14)(H,13,15). The van der Waals surface area contributed by atoms with Crippen LogP contribution in [0.3, 0.4) is 0 Å². The Hall–Kier alpha value is -1.50. The number of ether oxygens (including phenoxy) is 1. The molecule has 0 rings (SSSR count). The number of carbonyl (C=O) groups excluding carboxylic acids is 3. The van der Waals surface area contributed by atoms with Crippen LogP contribution in [0.5, 0.6) is 0 Å². The van der Waals surface area contributed by atoms with E-state index in [0.717, 1.165) is 0 Å². The van der Waals surface area contributed by atoms with Crippen molar-refractivity contribution in [3.8, 4) is 0 Å². The molecule has 18 heavy (non-hydrogen) atoms.